The molecule has 0 amide bonds. The van der Waals surface area contributed by atoms with Crippen LogP contribution >= 0.6 is 23.8 Å². The zero-order valence-corrected chi connectivity index (χ0v) is 20.0. The number of nitrogens with zero attached hydrogens (tertiary/aromatic N) is 3. The fourth-order valence-electron chi connectivity index (χ4n) is 5.28. The fraction of sp³-hybridized carbons (Fsp3) is 0.542. The lowest BCUT2D eigenvalue weighted by molar-refractivity contribution is 0.355. The molecule has 2 heterocycles. The van der Waals surface area contributed by atoms with Gasteiger partial charge in [-0.15, -0.1) is 0 Å². The Labute approximate surface area is 196 Å². The Kier molecular flexibility index (Phi) is 6.97. The van der Waals surface area contributed by atoms with Crippen LogP contribution in [0.2, 0.25) is 5.15 Å². The molecule has 0 radical (unpaired) electrons. The summed E-state index contributed by atoms with van der Waals surface area (Å²) in [6.45, 7) is 7.35. The summed E-state index contributed by atoms with van der Waals surface area (Å²) < 4.78 is 0. The van der Waals surface area contributed by atoms with Gasteiger partial charge < -0.3 is 15.5 Å². The predicted octanol–water partition coefficient (Wildman–Crippen LogP) is 5.41. The summed E-state index contributed by atoms with van der Waals surface area (Å²) in [6, 6.07) is 12.6. The molecule has 1 aromatic carbocycles. The Bertz CT molecular complexity index is 890. The van der Waals surface area contributed by atoms with E-state index in [1.807, 2.05) is 6.07 Å². The van der Waals surface area contributed by atoms with Crippen LogP contribution in [0.5, 0.6) is 0 Å². The summed E-state index contributed by atoms with van der Waals surface area (Å²) in [6.07, 6.45) is 6.11. The number of hydrogen-bond acceptors (Lipinski definition) is 4. The number of piperidine rings is 1. The quantitative estimate of drug-likeness (QED) is 0.462. The summed E-state index contributed by atoms with van der Waals surface area (Å²) in [4.78, 5) is 11.4. The smallest absolute Gasteiger partial charge is 0.232 e. The molecule has 1 saturated heterocycles. The molecule has 5 nitrogen and oxygen atoms in total. The van der Waals surface area contributed by atoms with Crippen LogP contribution in [-0.2, 0) is 5.41 Å². The maximum Gasteiger partial charge on any atom is 0.232 e. The summed E-state index contributed by atoms with van der Waals surface area (Å²) in [5.74, 6) is 2.58. The predicted molar refractivity (Wildman–Crippen MR) is 133 cm³/mol. The number of anilines is 2. The van der Waals surface area contributed by atoms with Crippen molar-refractivity contribution < 1.29 is 0 Å². The first-order valence-corrected chi connectivity index (χ1v) is 12.1. The van der Waals surface area contributed by atoms with Gasteiger partial charge in [-0.25, -0.2) is 4.98 Å². The van der Waals surface area contributed by atoms with Crippen LogP contribution in [0.4, 0.5) is 11.8 Å². The largest absolute Gasteiger partial charge is 0.361 e. The monoisotopic (exact) mass is 457 g/mol. The molecule has 0 spiro atoms. The Morgan fingerprint density at radius 3 is 2.48 bits per heavy atom. The molecule has 1 saturated carbocycles. The minimum Gasteiger partial charge on any atom is -0.361 e. The van der Waals surface area contributed by atoms with E-state index in [-0.39, 0.29) is 5.41 Å². The van der Waals surface area contributed by atoms with Crippen molar-refractivity contribution >= 4 is 40.7 Å². The molecule has 1 aromatic heterocycles. The molecule has 1 aliphatic heterocycles. The number of hydrogen-bond donors (Lipinski definition) is 2. The van der Waals surface area contributed by atoms with E-state index in [2.05, 4.69) is 64.7 Å². The molecule has 2 aromatic rings. The Hall–Kier alpha value is -1.92. The van der Waals surface area contributed by atoms with Gasteiger partial charge in [0.2, 0.25) is 5.95 Å². The van der Waals surface area contributed by atoms with E-state index in [4.69, 9.17) is 28.8 Å². The van der Waals surface area contributed by atoms with Gasteiger partial charge in [-0.3, -0.25) is 0 Å². The zero-order valence-electron chi connectivity index (χ0n) is 18.4. The lowest BCUT2D eigenvalue weighted by Gasteiger charge is -2.35. The second kappa shape index (κ2) is 9.70. The van der Waals surface area contributed by atoms with Gasteiger partial charge in [0.1, 0.15) is 11.0 Å². The van der Waals surface area contributed by atoms with Crippen molar-refractivity contribution in [1.29, 1.82) is 0 Å². The van der Waals surface area contributed by atoms with Gasteiger partial charge in [-0.1, -0.05) is 68.6 Å². The number of rotatable bonds is 5. The van der Waals surface area contributed by atoms with Gasteiger partial charge in [0.15, 0.2) is 5.11 Å². The zero-order chi connectivity index (χ0) is 21.8. The highest BCUT2D eigenvalue weighted by Crippen LogP contribution is 2.40. The number of thiocarbonyl (C=S) groups is 1. The third kappa shape index (κ3) is 5.47. The topological polar surface area (TPSA) is 53.1 Å². The maximum atomic E-state index is 6.33. The summed E-state index contributed by atoms with van der Waals surface area (Å²) in [5.41, 5.74) is 1.52. The summed E-state index contributed by atoms with van der Waals surface area (Å²) in [5, 5.41) is 7.56. The molecule has 31 heavy (non-hydrogen) atoms. The normalized spacial score (nSPS) is 22.9. The Morgan fingerprint density at radius 2 is 1.81 bits per heavy atom. The van der Waals surface area contributed by atoms with Crippen molar-refractivity contribution in [1.82, 2.24) is 15.3 Å². The summed E-state index contributed by atoms with van der Waals surface area (Å²) >= 11 is 11.9. The lowest BCUT2D eigenvalue weighted by Crippen LogP contribution is -2.41. The van der Waals surface area contributed by atoms with E-state index in [9.17, 15) is 0 Å². The van der Waals surface area contributed by atoms with Crippen LogP contribution in [0.15, 0.2) is 36.4 Å². The minimum absolute atomic E-state index is 0.132. The van der Waals surface area contributed by atoms with Crippen molar-refractivity contribution in [2.24, 2.45) is 11.8 Å². The standard InChI is InChI=1S/C24H32ClN5S/c1-17-12-18(2)15-30(14-17)21-13-20(25)27-22(28-21)29-23(31)26-16-24(10-6-7-11-24)19-8-4-3-5-9-19/h3-5,8-9,13,17-18H,6-7,10-12,14-16H2,1-2H3,(H2,26,27,28,29,31)/t17-,18-/m0/s1. The number of benzene rings is 1. The Balaban J connectivity index is 1.42. The maximum absolute atomic E-state index is 6.33. The average molecular weight is 458 g/mol. The number of halogens is 1. The second-order valence-electron chi connectivity index (χ2n) is 9.38. The first-order valence-electron chi connectivity index (χ1n) is 11.3. The van der Waals surface area contributed by atoms with E-state index in [1.54, 1.807) is 0 Å². The first kappa shape index (κ1) is 22.3. The van der Waals surface area contributed by atoms with Gasteiger partial charge in [0, 0.05) is 31.1 Å². The van der Waals surface area contributed by atoms with Crippen LogP contribution in [-0.4, -0.2) is 34.7 Å². The van der Waals surface area contributed by atoms with Gasteiger partial charge >= 0.3 is 0 Å². The van der Waals surface area contributed by atoms with Crippen molar-refractivity contribution in [3.05, 3.63) is 47.1 Å². The van der Waals surface area contributed by atoms with Crippen LogP contribution < -0.4 is 15.5 Å². The third-order valence-corrected chi connectivity index (χ3v) is 7.07. The van der Waals surface area contributed by atoms with E-state index in [0.717, 1.165) is 25.5 Å². The molecule has 166 valence electrons. The van der Waals surface area contributed by atoms with Crippen molar-refractivity contribution in [2.45, 2.75) is 51.4 Å². The van der Waals surface area contributed by atoms with Crippen LogP contribution in [0.25, 0.3) is 0 Å². The van der Waals surface area contributed by atoms with Gasteiger partial charge in [0.25, 0.3) is 0 Å². The fourth-order valence-corrected chi connectivity index (χ4v) is 5.62. The van der Waals surface area contributed by atoms with E-state index in [0.29, 0.717) is 28.0 Å². The molecule has 2 N–H and O–H groups in total. The molecule has 7 heteroatoms. The van der Waals surface area contributed by atoms with E-state index in [1.165, 1.54) is 37.7 Å². The van der Waals surface area contributed by atoms with Crippen molar-refractivity contribution in [3.8, 4) is 0 Å². The molecular weight excluding hydrogens is 426 g/mol. The molecule has 0 unspecified atom stereocenters. The van der Waals surface area contributed by atoms with Crippen LogP contribution in [0, 0.1) is 11.8 Å². The highest BCUT2D eigenvalue weighted by atomic mass is 35.5. The van der Waals surface area contributed by atoms with Gasteiger partial charge in [0.05, 0.1) is 0 Å². The van der Waals surface area contributed by atoms with Crippen LogP contribution in [0.1, 0.15) is 51.5 Å². The highest BCUT2D eigenvalue weighted by molar-refractivity contribution is 7.80. The summed E-state index contributed by atoms with van der Waals surface area (Å²) in [7, 11) is 0. The molecule has 4 rings (SSSR count). The SMILES string of the molecule is C[C@H]1C[C@H](C)CN(c2cc(Cl)nc(NC(=S)NCC3(c4ccccc4)CCCC3)n2)C1. The molecule has 2 fully saturated rings. The van der Waals surface area contributed by atoms with E-state index < -0.39 is 0 Å². The van der Waals surface area contributed by atoms with E-state index >= 15 is 0 Å². The van der Waals surface area contributed by atoms with Gasteiger partial charge in [-0.2, -0.15) is 4.98 Å². The van der Waals surface area contributed by atoms with Crippen molar-refractivity contribution in [3.63, 3.8) is 0 Å². The average Bonchev–Trinajstić information content (AvgIpc) is 3.22. The lowest BCUT2D eigenvalue weighted by atomic mass is 9.79. The third-order valence-electron chi connectivity index (χ3n) is 6.63. The Morgan fingerprint density at radius 1 is 1.13 bits per heavy atom. The van der Waals surface area contributed by atoms with Gasteiger partial charge in [-0.05, 0) is 48.9 Å². The molecule has 2 atom stereocenters. The number of aromatic nitrogens is 2. The highest BCUT2D eigenvalue weighted by Gasteiger charge is 2.35. The molecule has 0 bridgehead atoms. The second-order valence-corrected chi connectivity index (χ2v) is 10.2. The molecule has 2 aliphatic rings. The number of nitrogens with one attached hydrogen (secondary N) is 2. The molecular formula is C24H32ClN5S. The first-order chi connectivity index (χ1) is 14.9. The van der Waals surface area contributed by atoms with Crippen LogP contribution in [0.3, 0.4) is 0 Å². The minimum atomic E-state index is 0.132. The van der Waals surface area contributed by atoms with Crippen molar-refractivity contribution in [2.75, 3.05) is 29.9 Å². The molecule has 1 aliphatic carbocycles.